The van der Waals surface area contributed by atoms with E-state index in [1.807, 2.05) is 11.0 Å². The highest BCUT2D eigenvalue weighted by atomic mass is 19.1. The van der Waals surface area contributed by atoms with Crippen molar-refractivity contribution in [2.75, 3.05) is 26.8 Å². The molecular weight excluding hydrogens is 397 g/mol. The van der Waals surface area contributed by atoms with Crippen LogP contribution in [0, 0.1) is 5.82 Å². The lowest BCUT2D eigenvalue weighted by Crippen LogP contribution is -2.41. The first-order valence-corrected chi connectivity index (χ1v) is 10.3. The van der Waals surface area contributed by atoms with Gasteiger partial charge in [0.25, 0.3) is 5.91 Å². The summed E-state index contributed by atoms with van der Waals surface area (Å²) in [6.07, 6.45) is 3.56. The van der Waals surface area contributed by atoms with Crippen molar-refractivity contribution in [1.29, 1.82) is 0 Å². The molecule has 0 saturated carbocycles. The smallest absolute Gasteiger partial charge is 0.260 e. The van der Waals surface area contributed by atoms with Gasteiger partial charge in [-0.2, -0.15) is 0 Å². The van der Waals surface area contributed by atoms with Crippen LogP contribution >= 0.6 is 0 Å². The Bertz CT molecular complexity index is 1020. The average Bonchev–Trinajstić information content (AvgIpc) is 2.83. The molecule has 4 rings (SSSR count). The van der Waals surface area contributed by atoms with Gasteiger partial charge in [0.2, 0.25) is 0 Å². The minimum atomic E-state index is -0.293. The van der Waals surface area contributed by atoms with Gasteiger partial charge in [-0.3, -0.25) is 4.79 Å². The fourth-order valence-electron chi connectivity index (χ4n) is 3.69. The van der Waals surface area contributed by atoms with Gasteiger partial charge in [-0.05, 0) is 67.4 Å². The minimum absolute atomic E-state index is 0.0103. The molecule has 1 atom stereocenters. The fourth-order valence-corrected chi connectivity index (χ4v) is 3.69. The van der Waals surface area contributed by atoms with E-state index in [1.165, 1.54) is 12.1 Å². The van der Waals surface area contributed by atoms with Crippen LogP contribution in [0.3, 0.4) is 0 Å². The van der Waals surface area contributed by atoms with Crippen LogP contribution in [0.15, 0.2) is 60.8 Å². The first kappa shape index (κ1) is 20.8. The van der Waals surface area contributed by atoms with Crippen molar-refractivity contribution in [3.63, 3.8) is 0 Å². The zero-order valence-electron chi connectivity index (χ0n) is 17.3. The van der Waals surface area contributed by atoms with Crippen molar-refractivity contribution in [1.82, 2.24) is 14.9 Å². The summed E-state index contributed by atoms with van der Waals surface area (Å²) in [7, 11) is 1.60. The quantitative estimate of drug-likeness (QED) is 0.600. The second kappa shape index (κ2) is 9.55. The second-order valence-corrected chi connectivity index (χ2v) is 7.46. The maximum absolute atomic E-state index is 13.2. The number of nitrogens with zero attached hydrogens (tertiary/aromatic N) is 3. The molecule has 31 heavy (non-hydrogen) atoms. The molecule has 1 fully saturated rings. The summed E-state index contributed by atoms with van der Waals surface area (Å²) in [6.45, 7) is 1.28. The predicted molar refractivity (Wildman–Crippen MR) is 114 cm³/mol. The zero-order chi connectivity index (χ0) is 21.6. The zero-order valence-corrected chi connectivity index (χ0v) is 17.3. The summed E-state index contributed by atoms with van der Waals surface area (Å²) in [5.74, 6) is 1.71. The Morgan fingerprint density at radius 1 is 1.10 bits per heavy atom. The van der Waals surface area contributed by atoms with Gasteiger partial charge in [-0.15, -0.1) is 0 Å². The number of halogens is 1. The van der Waals surface area contributed by atoms with Crippen molar-refractivity contribution in [3.05, 3.63) is 72.3 Å². The lowest BCUT2D eigenvalue weighted by Gasteiger charge is -2.32. The molecule has 2 aromatic carbocycles. The van der Waals surface area contributed by atoms with Gasteiger partial charge in [0.05, 0.1) is 7.11 Å². The number of amides is 1. The summed E-state index contributed by atoms with van der Waals surface area (Å²) in [5, 5.41) is 0. The van der Waals surface area contributed by atoms with Crippen molar-refractivity contribution in [2.24, 2.45) is 0 Å². The van der Waals surface area contributed by atoms with Gasteiger partial charge in [0, 0.05) is 36.5 Å². The van der Waals surface area contributed by atoms with Crippen LogP contribution in [0.5, 0.6) is 11.5 Å². The number of aromatic nitrogens is 2. The van der Waals surface area contributed by atoms with Crippen LogP contribution in [0.25, 0.3) is 11.4 Å². The van der Waals surface area contributed by atoms with E-state index < -0.39 is 0 Å². The summed E-state index contributed by atoms with van der Waals surface area (Å²) in [6, 6.07) is 15.2. The van der Waals surface area contributed by atoms with Gasteiger partial charge in [-0.1, -0.05) is 0 Å². The number of piperidine rings is 1. The Morgan fingerprint density at radius 3 is 2.58 bits per heavy atom. The normalized spacial score (nSPS) is 16.1. The number of hydrogen-bond donors (Lipinski definition) is 0. The van der Waals surface area contributed by atoms with Crippen LogP contribution in [-0.4, -0.2) is 47.6 Å². The SMILES string of the molecule is COc1ccc(OCC(=O)N2CCC[C@H](c3ccnc(-c4ccc(F)cc4)n3)C2)cc1. The van der Waals surface area contributed by atoms with Crippen molar-refractivity contribution >= 4 is 5.91 Å². The van der Waals surface area contributed by atoms with Crippen LogP contribution in [-0.2, 0) is 4.79 Å². The molecule has 0 bridgehead atoms. The lowest BCUT2D eigenvalue weighted by molar-refractivity contribution is -0.134. The molecule has 0 radical (unpaired) electrons. The Balaban J connectivity index is 1.39. The van der Waals surface area contributed by atoms with Gasteiger partial charge >= 0.3 is 0 Å². The molecular formula is C24H24FN3O3. The number of rotatable bonds is 6. The summed E-state index contributed by atoms with van der Waals surface area (Å²) in [5.41, 5.74) is 1.66. The number of ether oxygens (including phenoxy) is 2. The van der Waals surface area contributed by atoms with Gasteiger partial charge in [-0.25, -0.2) is 14.4 Å². The van der Waals surface area contributed by atoms with E-state index in [-0.39, 0.29) is 24.2 Å². The van der Waals surface area contributed by atoms with Gasteiger partial charge < -0.3 is 14.4 Å². The van der Waals surface area contributed by atoms with Crippen LogP contribution < -0.4 is 9.47 Å². The molecule has 3 aromatic rings. The Morgan fingerprint density at radius 2 is 1.84 bits per heavy atom. The van der Waals surface area contributed by atoms with E-state index in [4.69, 9.17) is 9.47 Å². The molecule has 0 aliphatic carbocycles. The van der Waals surface area contributed by atoms with Gasteiger partial charge in [0.15, 0.2) is 12.4 Å². The van der Waals surface area contributed by atoms with E-state index >= 15 is 0 Å². The molecule has 0 spiro atoms. The van der Waals surface area contributed by atoms with E-state index in [1.54, 1.807) is 49.7 Å². The standard InChI is InChI=1S/C24H24FN3O3/c1-30-20-8-10-21(11-9-20)31-16-23(29)28-14-2-3-18(15-28)22-12-13-26-24(27-22)17-4-6-19(25)7-5-17/h4-13,18H,2-3,14-16H2,1H3/t18-/m0/s1. The molecule has 0 unspecified atom stereocenters. The Labute approximate surface area is 180 Å². The first-order valence-electron chi connectivity index (χ1n) is 10.3. The van der Waals surface area contributed by atoms with Crippen molar-refractivity contribution in [3.8, 4) is 22.9 Å². The highest BCUT2D eigenvalue weighted by Crippen LogP contribution is 2.27. The second-order valence-electron chi connectivity index (χ2n) is 7.46. The summed E-state index contributed by atoms with van der Waals surface area (Å²) >= 11 is 0. The third kappa shape index (κ3) is 5.17. The number of benzene rings is 2. The maximum atomic E-state index is 13.2. The largest absolute Gasteiger partial charge is 0.497 e. The lowest BCUT2D eigenvalue weighted by atomic mass is 9.94. The monoisotopic (exact) mass is 421 g/mol. The van der Waals surface area contributed by atoms with E-state index in [0.29, 0.717) is 24.7 Å². The summed E-state index contributed by atoms with van der Waals surface area (Å²) < 4.78 is 24.0. The molecule has 7 heteroatoms. The number of methoxy groups -OCH3 is 1. The molecule has 1 aromatic heterocycles. The topological polar surface area (TPSA) is 64.6 Å². The predicted octanol–water partition coefficient (Wildman–Crippen LogP) is 4.08. The molecule has 160 valence electrons. The maximum Gasteiger partial charge on any atom is 0.260 e. The fraction of sp³-hybridized carbons (Fsp3) is 0.292. The van der Waals surface area contributed by atoms with Crippen LogP contribution in [0.2, 0.25) is 0 Å². The number of carbonyl (C=O) groups excluding carboxylic acids is 1. The number of carbonyl (C=O) groups is 1. The number of likely N-dealkylation sites (tertiary alicyclic amines) is 1. The van der Waals surface area contributed by atoms with Crippen LogP contribution in [0.1, 0.15) is 24.5 Å². The van der Waals surface area contributed by atoms with Crippen molar-refractivity contribution < 1.29 is 18.7 Å². The summed E-state index contributed by atoms with van der Waals surface area (Å²) in [4.78, 5) is 23.5. The molecule has 6 nitrogen and oxygen atoms in total. The highest BCUT2D eigenvalue weighted by Gasteiger charge is 2.26. The average molecular weight is 421 g/mol. The van der Waals surface area contributed by atoms with Crippen molar-refractivity contribution in [2.45, 2.75) is 18.8 Å². The Kier molecular flexibility index (Phi) is 6.40. The molecule has 1 amide bonds. The molecule has 1 aliphatic heterocycles. The Hall–Kier alpha value is -3.48. The van der Waals surface area contributed by atoms with E-state index in [0.717, 1.165) is 29.8 Å². The number of hydrogen-bond acceptors (Lipinski definition) is 5. The van der Waals surface area contributed by atoms with Crippen LogP contribution in [0.4, 0.5) is 4.39 Å². The molecule has 1 saturated heterocycles. The molecule has 2 heterocycles. The molecule has 0 N–H and O–H groups in total. The third-order valence-corrected chi connectivity index (χ3v) is 5.39. The van der Waals surface area contributed by atoms with E-state index in [2.05, 4.69) is 9.97 Å². The molecule has 1 aliphatic rings. The third-order valence-electron chi connectivity index (χ3n) is 5.39. The first-order chi connectivity index (χ1) is 15.1. The highest BCUT2D eigenvalue weighted by molar-refractivity contribution is 5.78. The minimum Gasteiger partial charge on any atom is -0.497 e. The van der Waals surface area contributed by atoms with Gasteiger partial charge in [0.1, 0.15) is 17.3 Å². The van der Waals surface area contributed by atoms with E-state index in [9.17, 15) is 9.18 Å².